The van der Waals surface area contributed by atoms with Crippen LogP contribution in [0.1, 0.15) is 12.5 Å². The molecule has 0 fully saturated rings. The smallest absolute Gasteiger partial charge is 0.265 e. The van der Waals surface area contributed by atoms with Crippen LogP contribution >= 0.6 is 22.6 Å². The maximum absolute atomic E-state index is 12.4. The van der Waals surface area contributed by atoms with E-state index in [-0.39, 0.29) is 5.91 Å². The van der Waals surface area contributed by atoms with Crippen LogP contribution in [0.2, 0.25) is 0 Å². The van der Waals surface area contributed by atoms with E-state index < -0.39 is 6.10 Å². The third-order valence-electron chi connectivity index (χ3n) is 4.09. The Labute approximate surface area is 167 Å². The van der Waals surface area contributed by atoms with Gasteiger partial charge in [0.2, 0.25) is 0 Å². The van der Waals surface area contributed by atoms with E-state index in [2.05, 4.69) is 40.0 Å². The lowest BCUT2D eigenvalue weighted by molar-refractivity contribution is -0.122. The van der Waals surface area contributed by atoms with Crippen molar-refractivity contribution in [2.24, 2.45) is 0 Å². The fourth-order valence-electron chi connectivity index (χ4n) is 2.62. The van der Waals surface area contributed by atoms with Gasteiger partial charge in [-0.2, -0.15) is 0 Å². The number of halogens is 1. The summed E-state index contributed by atoms with van der Waals surface area (Å²) in [5.41, 5.74) is 4.11. The van der Waals surface area contributed by atoms with Crippen molar-refractivity contribution in [1.29, 1.82) is 0 Å². The molecule has 0 radical (unpaired) electrons. The maximum Gasteiger partial charge on any atom is 0.265 e. The molecule has 1 unspecified atom stereocenters. The number of hydrogen-bond donors (Lipinski definition) is 1. The van der Waals surface area contributed by atoms with Crippen molar-refractivity contribution in [2.45, 2.75) is 20.0 Å². The van der Waals surface area contributed by atoms with Crippen molar-refractivity contribution in [3.63, 3.8) is 0 Å². The molecule has 0 aliphatic rings. The zero-order valence-corrected chi connectivity index (χ0v) is 16.9. The first kappa shape index (κ1) is 18.5. The third-order valence-corrected chi connectivity index (χ3v) is 4.76. The summed E-state index contributed by atoms with van der Waals surface area (Å²) in [6, 6.07) is 23.8. The van der Waals surface area contributed by atoms with Gasteiger partial charge in [0, 0.05) is 9.26 Å². The second-order valence-corrected chi connectivity index (χ2v) is 7.34. The largest absolute Gasteiger partial charge is 0.481 e. The van der Waals surface area contributed by atoms with Gasteiger partial charge in [0.05, 0.1) is 0 Å². The highest BCUT2D eigenvalue weighted by Crippen LogP contribution is 2.23. The zero-order valence-electron chi connectivity index (χ0n) is 14.7. The third kappa shape index (κ3) is 4.64. The number of benzene rings is 3. The van der Waals surface area contributed by atoms with E-state index in [0.717, 1.165) is 25.9 Å². The minimum absolute atomic E-state index is 0.165. The fourth-order valence-corrected chi connectivity index (χ4v) is 3.26. The second kappa shape index (κ2) is 8.36. The molecule has 132 valence electrons. The van der Waals surface area contributed by atoms with Gasteiger partial charge in [0.25, 0.3) is 5.91 Å². The molecule has 0 aliphatic heterocycles. The Hall–Kier alpha value is -2.34. The maximum atomic E-state index is 12.4. The molecule has 0 aromatic heterocycles. The summed E-state index contributed by atoms with van der Waals surface area (Å²) in [6.07, 6.45) is -0.587. The number of anilines is 1. The molecule has 1 amide bonds. The minimum Gasteiger partial charge on any atom is -0.481 e. The molecule has 0 saturated heterocycles. The fraction of sp³-hybridized carbons (Fsp3) is 0.136. The lowest BCUT2D eigenvalue weighted by atomic mass is 10.1. The first-order valence-electron chi connectivity index (χ1n) is 8.42. The molecule has 1 atom stereocenters. The molecular weight excluding hydrogens is 437 g/mol. The number of carbonyl (C=O) groups is 1. The van der Waals surface area contributed by atoms with Gasteiger partial charge in [0.15, 0.2) is 6.10 Å². The van der Waals surface area contributed by atoms with Crippen LogP contribution in [0, 0.1) is 10.5 Å². The molecule has 0 bridgehead atoms. The molecule has 26 heavy (non-hydrogen) atoms. The lowest BCUT2D eigenvalue weighted by Crippen LogP contribution is -2.30. The number of carbonyl (C=O) groups excluding carboxylic acids is 1. The molecule has 4 heteroatoms. The van der Waals surface area contributed by atoms with Gasteiger partial charge >= 0.3 is 0 Å². The van der Waals surface area contributed by atoms with E-state index in [1.54, 1.807) is 6.92 Å². The van der Waals surface area contributed by atoms with Gasteiger partial charge in [-0.05, 0) is 83.5 Å². The number of ether oxygens (including phenoxy) is 1. The van der Waals surface area contributed by atoms with Crippen molar-refractivity contribution in [1.82, 2.24) is 0 Å². The zero-order chi connectivity index (χ0) is 18.5. The Bertz CT molecular complexity index is 892. The first-order valence-corrected chi connectivity index (χ1v) is 9.50. The number of aryl methyl sites for hydroxylation is 1. The highest BCUT2D eigenvalue weighted by molar-refractivity contribution is 14.1. The van der Waals surface area contributed by atoms with Gasteiger partial charge in [-0.3, -0.25) is 4.79 Å². The van der Waals surface area contributed by atoms with Gasteiger partial charge in [0.1, 0.15) is 5.75 Å². The molecule has 0 spiro atoms. The normalized spacial score (nSPS) is 11.7. The Morgan fingerprint density at radius 3 is 2.27 bits per heavy atom. The van der Waals surface area contributed by atoms with Crippen molar-refractivity contribution >= 4 is 34.2 Å². The van der Waals surface area contributed by atoms with Gasteiger partial charge in [-0.15, -0.1) is 0 Å². The molecule has 1 N–H and O–H groups in total. The highest BCUT2D eigenvalue weighted by atomic mass is 127. The van der Waals surface area contributed by atoms with Crippen LogP contribution in [0.4, 0.5) is 5.69 Å². The summed E-state index contributed by atoms with van der Waals surface area (Å²) in [5.74, 6) is 0.508. The van der Waals surface area contributed by atoms with Gasteiger partial charge in [-0.1, -0.05) is 42.5 Å². The Balaban J connectivity index is 1.63. The quantitative estimate of drug-likeness (QED) is 0.502. The van der Waals surface area contributed by atoms with E-state index in [9.17, 15) is 4.79 Å². The Kier molecular flexibility index (Phi) is 5.93. The second-order valence-electron chi connectivity index (χ2n) is 6.10. The van der Waals surface area contributed by atoms with Gasteiger partial charge in [-0.25, -0.2) is 0 Å². The van der Waals surface area contributed by atoms with Crippen molar-refractivity contribution in [3.8, 4) is 16.9 Å². The standard InChI is InChI=1S/C22H20INO2/c1-15-14-19(23)10-13-21(15)24-22(25)16(2)26-20-11-8-18(9-12-20)17-6-4-3-5-7-17/h3-14,16H,1-2H3,(H,24,25). The average Bonchev–Trinajstić information content (AvgIpc) is 2.65. The van der Waals surface area contributed by atoms with Crippen LogP contribution in [0.15, 0.2) is 72.8 Å². The average molecular weight is 457 g/mol. The van der Waals surface area contributed by atoms with Crippen LogP contribution in [0.3, 0.4) is 0 Å². The number of amides is 1. The van der Waals surface area contributed by atoms with Crippen molar-refractivity contribution < 1.29 is 9.53 Å². The van der Waals surface area contributed by atoms with E-state index >= 15 is 0 Å². The van der Waals surface area contributed by atoms with E-state index in [1.807, 2.05) is 67.6 Å². The minimum atomic E-state index is -0.587. The SMILES string of the molecule is Cc1cc(I)ccc1NC(=O)C(C)Oc1ccc(-c2ccccc2)cc1. The summed E-state index contributed by atoms with van der Waals surface area (Å²) in [5, 5.41) is 2.93. The Morgan fingerprint density at radius 2 is 1.62 bits per heavy atom. The summed E-state index contributed by atoms with van der Waals surface area (Å²) in [6.45, 7) is 3.73. The van der Waals surface area contributed by atoms with Crippen LogP contribution in [-0.2, 0) is 4.79 Å². The summed E-state index contributed by atoms with van der Waals surface area (Å²) < 4.78 is 6.93. The monoisotopic (exact) mass is 457 g/mol. The number of rotatable bonds is 5. The van der Waals surface area contributed by atoms with E-state index in [1.165, 1.54) is 0 Å². The van der Waals surface area contributed by atoms with Crippen LogP contribution in [-0.4, -0.2) is 12.0 Å². The summed E-state index contributed by atoms with van der Waals surface area (Å²) in [7, 11) is 0. The number of hydrogen-bond acceptors (Lipinski definition) is 2. The molecule has 3 rings (SSSR count). The first-order chi connectivity index (χ1) is 12.5. The molecule has 3 aromatic carbocycles. The molecule has 0 heterocycles. The lowest BCUT2D eigenvalue weighted by Gasteiger charge is -2.16. The van der Waals surface area contributed by atoms with E-state index in [4.69, 9.17) is 4.74 Å². The van der Waals surface area contributed by atoms with E-state index in [0.29, 0.717) is 5.75 Å². The topological polar surface area (TPSA) is 38.3 Å². The molecule has 0 aliphatic carbocycles. The van der Waals surface area contributed by atoms with Crippen LogP contribution in [0.5, 0.6) is 5.75 Å². The summed E-state index contributed by atoms with van der Waals surface area (Å²) >= 11 is 2.25. The van der Waals surface area contributed by atoms with Crippen LogP contribution < -0.4 is 10.1 Å². The predicted molar refractivity (Wildman–Crippen MR) is 114 cm³/mol. The highest BCUT2D eigenvalue weighted by Gasteiger charge is 2.16. The van der Waals surface area contributed by atoms with Crippen LogP contribution in [0.25, 0.3) is 11.1 Å². The van der Waals surface area contributed by atoms with Crippen molar-refractivity contribution in [3.05, 3.63) is 81.9 Å². The predicted octanol–water partition coefficient (Wildman–Crippen LogP) is 5.67. The summed E-state index contributed by atoms with van der Waals surface area (Å²) in [4.78, 5) is 12.4. The molecule has 3 nitrogen and oxygen atoms in total. The molecular formula is C22H20INO2. The number of nitrogens with one attached hydrogen (secondary N) is 1. The van der Waals surface area contributed by atoms with Gasteiger partial charge < -0.3 is 10.1 Å². The molecule has 0 saturated carbocycles. The molecule has 3 aromatic rings. The van der Waals surface area contributed by atoms with Crippen molar-refractivity contribution in [2.75, 3.05) is 5.32 Å². The Morgan fingerprint density at radius 1 is 0.962 bits per heavy atom.